The minimum Gasteiger partial charge on any atom is -0.445 e. The minimum absolute atomic E-state index is 0.265. The molecule has 0 spiro atoms. The number of benzene rings is 2. The number of carbonyl (C=O) groups excluding carboxylic acids is 2. The van der Waals surface area contributed by atoms with Crippen molar-refractivity contribution in [3.63, 3.8) is 0 Å². The van der Waals surface area contributed by atoms with E-state index < -0.39 is 12.1 Å². The molecule has 0 aliphatic rings. The Morgan fingerprint density at radius 3 is 2.04 bits per heavy atom. The van der Waals surface area contributed by atoms with Crippen molar-refractivity contribution >= 4 is 11.8 Å². The summed E-state index contributed by atoms with van der Waals surface area (Å²) in [5.41, 5.74) is 1.42. The van der Waals surface area contributed by atoms with Gasteiger partial charge in [-0.1, -0.05) is 60.7 Å². The molecule has 0 fully saturated rings. The second-order valence-corrected chi connectivity index (χ2v) is 5.17. The number of ketones is 1. The zero-order valence-electron chi connectivity index (χ0n) is 12.8. The van der Waals surface area contributed by atoms with Crippen LogP contribution in [-0.2, 0) is 4.74 Å². The van der Waals surface area contributed by atoms with E-state index in [0.717, 1.165) is 0 Å². The number of ether oxygens (including phenoxy) is 1. The van der Waals surface area contributed by atoms with Crippen LogP contribution in [0.5, 0.6) is 0 Å². The van der Waals surface area contributed by atoms with Crippen molar-refractivity contribution in [2.75, 3.05) is 0 Å². The van der Waals surface area contributed by atoms with E-state index in [1.165, 1.54) is 6.20 Å². The molecule has 1 unspecified atom stereocenters. The maximum Gasteiger partial charge on any atom is 0.340 e. The highest BCUT2D eigenvalue weighted by Gasteiger charge is 2.26. The van der Waals surface area contributed by atoms with Crippen molar-refractivity contribution in [2.24, 2.45) is 0 Å². The molecule has 0 aliphatic carbocycles. The number of pyridine rings is 1. The summed E-state index contributed by atoms with van der Waals surface area (Å²) in [5, 5.41) is 0. The lowest BCUT2D eigenvalue weighted by Crippen LogP contribution is -2.20. The molecule has 0 bridgehead atoms. The lowest BCUT2D eigenvalue weighted by Gasteiger charge is -2.17. The van der Waals surface area contributed by atoms with Gasteiger partial charge in [-0.05, 0) is 12.1 Å². The molecule has 2 aromatic carbocycles. The molecule has 3 rings (SSSR count). The Morgan fingerprint density at radius 1 is 0.792 bits per heavy atom. The van der Waals surface area contributed by atoms with Gasteiger partial charge in [0.2, 0.25) is 5.78 Å². The molecular formula is C20H15NO3. The highest BCUT2D eigenvalue weighted by Crippen LogP contribution is 2.23. The monoisotopic (exact) mass is 317 g/mol. The molecule has 1 aromatic heterocycles. The normalized spacial score (nSPS) is 11.5. The Bertz CT molecular complexity index is 817. The van der Waals surface area contributed by atoms with Gasteiger partial charge >= 0.3 is 5.97 Å². The zero-order chi connectivity index (χ0) is 16.8. The summed E-state index contributed by atoms with van der Waals surface area (Å²) in [6, 6.07) is 21.0. The molecule has 0 aliphatic heterocycles. The third kappa shape index (κ3) is 3.55. The minimum atomic E-state index is -0.999. The average molecular weight is 317 g/mol. The number of rotatable bonds is 5. The van der Waals surface area contributed by atoms with Crippen molar-refractivity contribution in [1.29, 1.82) is 0 Å². The van der Waals surface area contributed by atoms with Crippen LogP contribution >= 0.6 is 0 Å². The van der Waals surface area contributed by atoms with Crippen molar-refractivity contribution in [3.8, 4) is 0 Å². The summed E-state index contributed by atoms with van der Waals surface area (Å²) >= 11 is 0. The fraction of sp³-hybridized carbons (Fsp3) is 0.0500. The van der Waals surface area contributed by atoms with Gasteiger partial charge in [-0.25, -0.2) is 4.79 Å². The van der Waals surface area contributed by atoms with Crippen molar-refractivity contribution in [1.82, 2.24) is 4.98 Å². The van der Waals surface area contributed by atoms with Crippen LogP contribution in [-0.4, -0.2) is 16.7 Å². The van der Waals surface area contributed by atoms with Crippen molar-refractivity contribution in [3.05, 3.63) is 102 Å². The van der Waals surface area contributed by atoms with Crippen LogP contribution in [0.1, 0.15) is 32.4 Å². The van der Waals surface area contributed by atoms with Crippen molar-refractivity contribution in [2.45, 2.75) is 6.10 Å². The second-order valence-electron chi connectivity index (χ2n) is 5.17. The number of aromatic nitrogens is 1. The van der Waals surface area contributed by atoms with Gasteiger partial charge in [0.05, 0.1) is 5.56 Å². The Labute approximate surface area is 139 Å². The Balaban J connectivity index is 1.91. The van der Waals surface area contributed by atoms with Gasteiger partial charge in [0, 0.05) is 23.5 Å². The Hall–Kier alpha value is -3.27. The number of nitrogens with zero attached hydrogens (tertiary/aromatic N) is 1. The van der Waals surface area contributed by atoms with Crippen LogP contribution in [0.15, 0.2) is 85.2 Å². The Morgan fingerprint density at radius 2 is 1.42 bits per heavy atom. The number of hydrogen-bond acceptors (Lipinski definition) is 4. The molecule has 0 radical (unpaired) electrons. The summed E-state index contributed by atoms with van der Waals surface area (Å²) in [7, 11) is 0. The number of esters is 1. The third-order valence-electron chi connectivity index (χ3n) is 3.52. The van der Waals surface area contributed by atoms with Gasteiger partial charge in [0.25, 0.3) is 0 Å². The fourth-order valence-corrected chi connectivity index (χ4v) is 2.31. The predicted molar refractivity (Wildman–Crippen MR) is 89.6 cm³/mol. The van der Waals surface area contributed by atoms with Crippen LogP contribution in [0.2, 0.25) is 0 Å². The quantitative estimate of drug-likeness (QED) is 0.529. The maximum atomic E-state index is 12.8. The van der Waals surface area contributed by atoms with Crippen LogP contribution in [0.25, 0.3) is 0 Å². The van der Waals surface area contributed by atoms with Gasteiger partial charge in [-0.3, -0.25) is 9.78 Å². The summed E-state index contributed by atoms with van der Waals surface area (Å²) in [6.45, 7) is 0. The van der Waals surface area contributed by atoms with Crippen LogP contribution < -0.4 is 0 Å². The number of carbonyl (C=O) groups is 2. The highest BCUT2D eigenvalue weighted by molar-refractivity contribution is 6.02. The third-order valence-corrected chi connectivity index (χ3v) is 3.52. The van der Waals surface area contributed by atoms with Gasteiger partial charge in [0.1, 0.15) is 0 Å². The van der Waals surface area contributed by atoms with Gasteiger partial charge in [-0.15, -0.1) is 0 Å². The molecule has 118 valence electrons. The summed E-state index contributed by atoms with van der Waals surface area (Å²) in [5.74, 6) is -0.847. The molecular weight excluding hydrogens is 302 g/mol. The van der Waals surface area contributed by atoms with E-state index in [9.17, 15) is 9.59 Å². The maximum absolute atomic E-state index is 12.8. The summed E-state index contributed by atoms with van der Waals surface area (Å²) in [4.78, 5) is 29.1. The van der Waals surface area contributed by atoms with E-state index in [4.69, 9.17) is 4.74 Å². The summed E-state index contributed by atoms with van der Waals surface area (Å²) < 4.78 is 5.51. The molecule has 4 nitrogen and oxygen atoms in total. The van der Waals surface area contributed by atoms with Gasteiger partial charge < -0.3 is 4.74 Å². The predicted octanol–water partition coefficient (Wildman–Crippen LogP) is 3.86. The molecule has 3 aromatic rings. The molecule has 24 heavy (non-hydrogen) atoms. The molecule has 0 N–H and O–H groups in total. The number of Topliss-reactive ketones (excluding diaryl/α,β-unsaturated/α-hetero) is 1. The standard InChI is InChI=1S/C20H15NO3/c22-18(15-8-3-1-4-9-15)19(16-10-5-2-6-11-16)24-20(23)17-12-7-13-21-14-17/h1-14,19H. The van der Waals surface area contributed by atoms with Gasteiger partial charge in [0.15, 0.2) is 6.10 Å². The first-order valence-electron chi connectivity index (χ1n) is 7.51. The van der Waals surface area contributed by atoms with Crippen LogP contribution in [0.4, 0.5) is 0 Å². The lowest BCUT2D eigenvalue weighted by molar-refractivity contribution is 0.0279. The smallest absolute Gasteiger partial charge is 0.340 e. The molecule has 0 amide bonds. The lowest BCUT2D eigenvalue weighted by atomic mass is 10.00. The zero-order valence-corrected chi connectivity index (χ0v) is 12.8. The largest absolute Gasteiger partial charge is 0.445 e. The first-order valence-corrected chi connectivity index (χ1v) is 7.51. The SMILES string of the molecule is O=C(OC(C(=O)c1ccccc1)c1ccccc1)c1cccnc1. The molecule has 1 atom stereocenters. The molecule has 1 heterocycles. The highest BCUT2D eigenvalue weighted by atomic mass is 16.5. The van der Waals surface area contributed by atoms with E-state index >= 15 is 0 Å². The fourth-order valence-electron chi connectivity index (χ4n) is 2.31. The van der Waals surface area contributed by atoms with Crippen molar-refractivity contribution < 1.29 is 14.3 Å². The Kier molecular flexibility index (Phi) is 4.77. The molecule has 0 saturated heterocycles. The average Bonchev–Trinajstić information content (AvgIpc) is 2.67. The van der Waals surface area contributed by atoms with E-state index in [0.29, 0.717) is 16.7 Å². The second kappa shape index (κ2) is 7.33. The first-order chi connectivity index (χ1) is 11.8. The molecule has 4 heteroatoms. The van der Waals surface area contributed by atoms with E-state index in [1.807, 2.05) is 12.1 Å². The van der Waals surface area contributed by atoms with E-state index in [-0.39, 0.29) is 5.78 Å². The number of hydrogen-bond donors (Lipinski definition) is 0. The van der Waals surface area contributed by atoms with Gasteiger partial charge in [-0.2, -0.15) is 0 Å². The first kappa shape index (κ1) is 15.6. The van der Waals surface area contributed by atoms with E-state index in [2.05, 4.69) is 4.98 Å². The van der Waals surface area contributed by atoms with Crippen LogP contribution in [0.3, 0.4) is 0 Å². The topological polar surface area (TPSA) is 56.3 Å². The summed E-state index contributed by atoms with van der Waals surface area (Å²) in [6.07, 6.45) is 1.99. The van der Waals surface area contributed by atoms with E-state index in [1.54, 1.807) is 66.9 Å². The van der Waals surface area contributed by atoms with Crippen LogP contribution in [0, 0.1) is 0 Å². The molecule has 0 saturated carbocycles.